The van der Waals surface area contributed by atoms with Gasteiger partial charge >= 0.3 is 5.97 Å². The van der Waals surface area contributed by atoms with E-state index >= 15 is 0 Å². The Bertz CT molecular complexity index is 415. The molecule has 0 aromatic rings. The Morgan fingerprint density at radius 3 is 2.48 bits per heavy atom. The fraction of sp³-hybridized carbons (Fsp3) is 0.895. The van der Waals surface area contributed by atoms with Crippen LogP contribution in [0.15, 0.2) is 0 Å². The number of Topliss-reactive ketones (excluding diaryl/α,β-unsaturated/α-hetero) is 1. The van der Waals surface area contributed by atoms with E-state index in [9.17, 15) is 9.59 Å². The third-order valence-electron chi connectivity index (χ3n) is 5.56. The maximum absolute atomic E-state index is 12.5. The molecular weight excluding hydrogens is 290 g/mol. The van der Waals surface area contributed by atoms with Gasteiger partial charge in [-0.3, -0.25) is 9.59 Å². The minimum atomic E-state index is -0.521. The van der Waals surface area contributed by atoms with Gasteiger partial charge in [-0.15, -0.1) is 0 Å². The molecule has 0 N–H and O–H groups in total. The van der Waals surface area contributed by atoms with Crippen LogP contribution in [0.25, 0.3) is 0 Å². The van der Waals surface area contributed by atoms with Gasteiger partial charge in [0.15, 0.2) is 0 Å². The summed E-state index contributed by atoms with van der Waals surface area (Å²) in [7, 11) is 4.27. The van der Waals surface area contributed by atoms with E-state index in [2.05, 4.69) is 27.9 Å². The molecule has 0 bridgehead atoms. The standard InChI is InChI=1S/C19H36NO3/c1-7-15(16-10-9-11-17(16)21)14-19(3,4)18(22)23-13-12-20(5,6)8-2/h15-16H,7-14H2,1-6H3/q+1. The molecular formula is C19H36NO3+. The number of ether oxygens (including phenoxy) is 1. The van der Waals surface area contributed by atoms with E-state index in [0.29, 0.717) is 18.3 Å². The van der Waals surface area contributed by atoms with E-state index in [1.54, 1.807) is 0 Å². The van der Waals surface area contributed by atoms with Crippen LogP contribution in [0.5, 0.6) is 0 Å². The van der Waals surface area contributed by atoms with Crippen LogP contribution in [0, 0.1) is 17.3 Å². The summed E-state index contributed by atoms with van der Waals surface area (Å²) in [6.07, 6.45) is 4.41. The molecule has 0 amide bonds. The molecule has 1 aliphatic carbocycles. The average molecular weight is 327 g/mol. The van der Waals surface area contributed by atoms with Gasteiger partial charge in [0.05, 0.1) is 26.1 Å². The maximum atomic E-state index is 12.5. The highest BCUT2D eigenvalue weighted by molar-refractivity contribution is 5.83. The number of quaternary nitrogens is 1. The first-order chi connectivity index (χ1) is 10.6. The van der Waals surface area contributed by atoms with Crippen molar-refractivity contribution in [3.63, 3.8) is 0 Å². The van der Waals surface area contributed by atoms with E-state index in [0.717, 1.165) is 49.7 Å². The molecule has 134 valence electrons. The van der Waals surface area contributed by atoms with Crippen LogP contribution in [0.1, 0.15) is 59.8 Å². The second-order valence-electron chi connectivity index (χ2n) is 8.33. The van der Waals surface area contributed by atoms with Crippen LogP contribution in [0.3, 0.4) is 0 Å². The Hall–Kier alpha value is -0.900. The van der Waals surface area contributed by atoms with Crippen molar-refractivity contribution in [2.45, 2.75) is 59.8 Å². The molecule has 0 saturated heterocycles. The summed E-state index contributed by atoms with van der Waals surface area (Å²) >= 11 is 0. The summed E-state index contributed by atoms with van der Waals surface area (Å²) in [4.78, 5) is 24.5. The van der Waals surface area contributed by atoms with Gasteiger partial charge in [0.2, 0.25) is 0 Å². The van der Waals surface area contributed by atoms with Crippen molar-refractivity contribution in [2.75, 3.05) is 33.8 Å². The molecule has 0 aliphatic heterocycles. The molecule has 1 saturated carbocycles. The second-order valence-corrected chi connectivity index (χ2v) is 8.33. The summed E-state index contributed by atoms with van der Waals surface area (Å²) in [5.41, 5.74) is -0.521. The zero-order chi connectivity index (χ0) is 17.7. The SMILES string of the molecule is CCC(CC(C)(C)C(=O)OCC[N+](C)(C)CC)C1CCCC1=O. The van der Waals surface area contributed by atoms with Crippen molar-refractivity contribution in [3.8, 4) is 0 Å². The lowest BCUT2D eigenvalue weighted by atomic mass is 9.75. The minimum absolute atomic E-state index is 0.127. The van der Waals surface area contributed by atoms with E-state index < -0.39 is 5.41 Å². The summed E-state index contributed by atoms with van der Waals surface area (Å²) in [6, 6.07) is 0. The summed E-state index contributed by atoms with van der Waals surface area (Å²) in [5.74, 6) is 0.721. The van der Waals surface area contributed by atoms with E-state index in [1.807, 2.05) is 13.8 Å². The Kier molecular flexibility index (Phi) is 7.25. The monoisotopic (exact) mass is 326 g/mol. The third kappa shape index (κ3) is 5.91. The first kappa shape index (κ1) is 20.1. The highest BCUT2D eigenvalue weighted by atomic mass is 16.5. The van der Waals surface area contributed by atoms with E-state index in [4.69, 9.17) is 4.74 Å². The van der Waals surface area contributed by atoms with Gasteiger partial charge in [-0.2, -0.15) is 0 Å². The number of nitrogens with zero attached hydrogens (tertiary/aromatic N) is 1. The molecule has 2 atom stereocenters. The highest BCUT2D eigenvalue weighted by Gasteiger charge is 2.38. The molecule has 0 aromatic heterocycles. The molecule has 4 heteroatoms. The molecule has 0 aromatic carbocycles. The van der Waals surface area contributed by atoms with Crippen LogP contribution in [0.2, 0.25) is 0 Å². The van der Waals surface area contributed by atoms with Gasteiger partial charge in [-0.05, 0) is 46.0 Å². The van der Waals surface area contributed by atoms with Crippen LogP contribution in [-0.2, 0) is 14.3 Å². The molecule has 1 aliphatic rings. The number of hydrogen-bond acceptors (Lipinski definition) is 3. The lowest BCUT2D eigenvalue weighted by Crippen LogP contribution is -2.43. The van der Waals surface area contributed by atoms with Crippen LogP contribution >= 0.6 is 0 Å². The van der Waals surface area contributed by atoms with Gasteiger partial charge in [0.25, 0.3) is 0 Å². The number of rotatable bonds is 9. The second kappa shape index (κ2) is 8.27. The smallest absolute Gasteiger partial charge is 0.311 e. The lowest BCUT2D eigenvalue weighted by molar-refractivity contribution is -0.888. The number of ketones is 1. The van der Waals surface area contributed by atoms with Gasteiger partial charge in [0.1, 0.15) is 18.9 Å². The highest BCUT2D eigenvalue weighted by Crippen LogP contribution is 2.38. The maximum Gasteiger partial charge on any atom is 0.311 e. The van der Waals surface area contributed by atoms with Crippen molar-refractivity contribution in [2.24, 2.45) is 17.3 Å². The fourth-order valence-electron chi connectivity index (χ4n) is 3.39. The van der Waals surface area contributed by atoms with Gasteiger partial charge in [0, 0.05) is 12.3 Å². The Balaban J connectivity index is 2.55. The van der Waals surface area contributed by atoms with Gasteiger partial charge < -0.3 is 9.22 Å². The first-order valence-electron chi connectivity index (χ1n) is 9.15. The number of carbonyl (C=O) groups is 2. The predicted octanol–water partition coefficient (Wildman–Crippen LogP) is 3.44. The Morgan fingerprint density at radius 1 is 1.35 bits per heavy atom. The Labute approximate surface area is 142 Å². The fourth-order valence-corrected chi connectivity index (χ4v) is 3.39. The largest absolute Gasteiger partial charge is 0.459 e. The lowest BCUT2D eigenvalue weighted by Gasteiger charge is -2.31. The topological polar surface area (TPSA) is 43.4 Å². The Morgan fingerprint density at radius 2 is 2.00 bits per heavy atom. The van der Waals surface area contributed by atoms with Crippen molar-refractivity contribution in [1.29, 1.82) is 0 Å². The molecule has 0 radical (unpaired) electrons. The van der Waals surface area contributed by atoms with E-state index in [-0.39, 0.29) is 11.9 Å². The molecule has 23 heavy (non-hydrogen) atoms. The van der Waals surface area contributed by atoms with Gasteiger partial charge in [-0.1, -0.05) is 13.3 Å². The van der Waals surface area contributed by atoms with Gasteiger partial charge in [-0.25, -0.2) is 0 Å². The normalized spacial score (nSPS) is 20.6. The van der Waals surface area contributed by atoms with Crippen LogP contribution in [0.4, 0.5) is 0 Å². The summed E-state index contributed by atoms with van der Waals surface area (Å²) in [6.45, 7) is 10.5. The number of esters is 1. The first-order valence-corrected chi connectivity index (χ1v) is 9.15. The van der Waals surface area contributed by atoms with Crippen molar-refractivity contribution >= 4 is 11.8 Å². The van der Waals surface area contributed by atoms with Crippen molar-refractivity contribution in [1.82, 2.24) is 0 Å². The number of likely N-dealkylation sites (N-methyl/N-ethyl adjacent to an activating group) is 1. The minimum Gasteiger partial charge on any atom is -0.459 e. The predicted molar refractivity (Wildman–Crippen MR) is 93.0 cm³/mol. The van der Waals surface area contributed by atoms with Crippen molar-refractivity contribution < 1.29 is 18.8 Å². The van der Waals surface area contributed by atoms with Crippen LogP contribution in [-0.4, -0.2) is 50.0 Å². The molecule has 0 heterocycles. The molecule has 2 unspecified atom stereocenters. The van der Waals surface area contributed by atoms with E-state index in [1.165, 1.54) is 0 Å². The van der Waals surface area contributed by atoms with Crippen molar-refractivity contribution in [3.05, 3.63) is 0 Å². The quantitative estimate of drug-likeness (QED) is 0.481. The summed E-state index contributed by atoms with van der Waals surface area (Å²) < 4.78 is 6.39. The zero-order valence-corrected chi connectivity index (χ0v) is 16.0. The average Bonchev–Trinajstić information content (AvgIpc) is 2.90. The molecule has 1 rings (SSSR count). The summed E-state index contributed by atoms with van der Waals surface area (Å²) in [5, 5.41) is 0. The molecule has 4 nitrogen and oxygen atoms in total. The molecule has 1 fully saturated rings. The van der Waals surface area contributed by atoms with Crippen LogP contribution < -0.4 is 0 Å². The zero-order valence-electron chi connectivity index (χ0n) is 16.0. The number of carbonyl (C=O) groups excluding carboxylic acids is 2. The third-order valence-corrected chi connectivity index (χ3v) is 5.56. The number of hydrogen-bond donors (Lipinski definition) is 0. The molecule has 0 spiro atoms.